The second-order valence-electron chi connectivity index (χ2n) is 5.86. The highest BCUT2D eigenvalue weighted by Crippen LogP contribution is 2.31. The average molecular weight is 368 g/mol. The summed E-state index contributed by atoms with van der Waals surface area (Å²) in [5.41, 5.74) is 7.70. The predicted molar refractivity (Wildman–Crippen MR) is 105 cm³/mol. The monoisotopic (exact) mass is 368 g/mol. The Balaban J connectivity index is 1.58. The maximum absolute atomic E-state index is 12.1. The Morgan fingerprint density at radius 2 is 1.92 bits per heavy atom. The van der Waals surface area contributed by atoms with Crippen molar-refractivity contribution in [1.29, 1.82) is 0 Å². The van der Waals surface area contributed by atoms with E-state index in [1.165, 1.54) is 0 Å². The summed E-state index contributed by atoms with van der Waals surface area (Å²) in [7, 11) is 0. The van der Waals surface area contributed by atoms with Crippen LogP contribution in [0.3, 0.4) is 0 Å². The number of benzene rings is 2. The molecule has 1 aromatic heterocycles. The summed E-state index contributed by atoms with van der Waals surface area (Å²) in [6.07, 6.45) is 1.79. The van der Waals surface area contributed by atoms with Crippen LogP contribution >= 0.6 is 11.3 Å². The number of nitrogens with two attached hydrogens (primary N) is 1. The average Bonchev–Trinajstić information content (AvgIpc) is 3.05. The molecule has 0 aliphatic rings. The van der Waals surface area contributed by atoms with Crippen molar-refractivity contribution >= 4 is 39.2 Å². The zero-order valence-corrected chi connectivity index (χ0v) is 15.0. The van der Waals surface area contributed by atoms with Gasteiger partial charge in [-0.2, -0.15) is 0 Å². The number of urea groups is 1. The normalized spacial score (nSPS) is 10.6. The van der Waals surface area contributed by atoms with Gasteiger partial charge in [0, 0.05) is 24.2 Å². The SMILES string of the molecule is NC(=O)NCCCCC(=O)Nc1cccc(-c2nc3ccccc3s2)c1. The number of nitrogens with zero attached hydrogens (tertiary/aromatic N) is 1. The Kier molecular flexibility index (Phi) is 5.80. The van der Waals surface area contributed by atoms with Crippen LogP contribution in [0.15, 0.2) is 48.5 Å². The van der Waals surface area contributed by atoms with E-state index in [9.17, 15) is 9.59 Å². The number of nitrogens with one attached hydrogen (secondary N) is 2. The first-order chi connectivity index (χ1) is 12.6. The largest absolute Gasteiger partial charge is 0.352 e. The molecule has 0 saturated carbocycles. The van der Waals surface area contributed by atoms with Crippen LogP contribution in [-0.2, 0) is 4.79 Å². The molecule has 7 heteroatoms. The van der Waals surface area contributed by atoms with Gasteiger partial charge in [-0.3, -0.25) is 4.79 Å². The van der Waals surface area contributed by atoms with Crippen molar-refractivity contribution < 1.29 is 9.59 Å². The molecule has 0 unspecified atom stereocenters. The van der Waals surface area contributed by atoms with E-state index in [1.54, 1.807) is 11.3 Å². The Hall–Kier alpha value is -2.93. The quantitative estimate of drug-likeness (QED) is 0.554. The number of para-hydroxylation sites is 1. The van der Waals surface area contributed by atoms with Crippen LogP contribution in [0.2, 0.25) is 0 Å². The first kappa shape index (κ1) is 17.9. The molecule has 4 N–H and O–H groups in total. The lowest BCUT2D eigenvalue weighted by molar-refractivity contribution is -0.116. The number of aromatic nitrogens is 1. The van der Waals surface area contributed by atoms with E-state index in [-0.39, 0.29) is 5.91 Å². The molecule has 0 aliphatic heterocycles. The van der Waals surface area contributed by atoms with Gasteiger partial charge in [0.25, 0.3) is 0 Å². The number of rotatable bonds is 7. The molecule has 3 amide bonds. The fourth-order valence-corrected chi connectivity index (χ4v) is 3.53. The van der Waals surface area contributed by atoms with Crippen molar-refractivity contribution in [3.8, 4) is 10.6 Å². The predicted octanol–water partition coefficient (Wildman–Crippen LogP) is 3.74. The first-order valence-corrected chi connectivity index (χ1v) is 9.22. The van der Waals surface area contributed by atoms with Crippen LogP contribution in [0.1, 0.15) is 19.3 Å². The van der Waals surface area contributed by atoms with Gasteiger partial charge in [0.1, 0.15) is 5.01 Å². The minimum atomic E-state index is -0.541. The number of primary amides is 1. The Bertz CT molecular complexity index is 890. The van der Waals surface area contributed by atoms with Gasteiger partial charge in [0.15, 0.2) is 0 Å². The van der Waals surface area contributed by atoms with Gasteiger partial charge >= 0.3 is 6.03 Å². The molecule has 3 rings (SSSR count). The molecule has 2 aromatic carbocycles. The summed E-state index contributed by atoms with van der Waals surface area (Å²) in [6, 6.07) is 15.2. The van der Waals surface area contributed by atoms with Gasteiger partial charge in [0.2, 0.25) is 5.91 Å². The summed E-state index contributed by atoms with van der Waals surface area (Å²) in [4.78, 5) is 27.3. The molecule has 1 heterocycles. The van der Waals surface area contributed by atoms with E-state index in [0.29, 0.717) is 25.8 Å². The van der Waals surface area contributed by atoms with E-state index in [0.717, 1.165) is 26.5 Å². The van der Waals surface area contributed by atoms with Crippen molar-refractivity contribution in [2.45, 2.75) is 19.3 Å². The molecule has 0 fully saturated rings. The van der Waals surface area contributed by atoms with E-state index in [4.69, 9.17) is 5.73 Å². The van der Waals surface area contributed by atoms with Gasteiger partial charge in [-0.1, -0.05) is 24.3 Å². The molecule has 134 valence electrons. The number of anilines is 1. The van der Waals surface area contributed by atoms with E-state index in [1.807, 2.05) is 42.5 Å². The maximum atomic E-state index is 12.1. The van der Waals surface area contributed by atoms with Crippen molar-refractivity contribution in [2.75, 3.05) is 11.9 Å². The number of carbonyl (C=O) groups is 2. The van der Waals surface area contributed by atoms with Gasteiger partial charge in [-0.15, -0.1) is 11.3 Å². The van der Waals surface area contributed by atoms with Crippen LogP contribution in [-0.4, -0.2) is 23.5 Å². The third-order valence-corrected chi connectivity index (χ3v) is 4.90. The summed E-state index contributed by atoms with van der Waals surface area (Å²) in [5.74, 6) is -0.0504. The van der Waals surface area contributed by atoms with Crippen LogP contribution in [0.25, 0.3) is 20.8 Å². The lowest BCUT2D eigenvalue weighted by Crippen LogP contribution is -2.30. The number of hydrogen-bond acceptors (Lipinski definition) is 4. The molecule has 0 saturated heterocycles. The first-order valence-electron chi connectivity index (χ1n) is 8.41. The highest BCUT2D eigenvalue weighted by Gasteiger charge is 2.08. The number of hydrogen-bond donors (Lipinski definition) is 3. The molecule has 6 nitrogen and oxygen atoms in total. The van der Waals surface area contributed by atoms with E-state index < -0.39 is 6.03 Å². The fraction of sp³-hybridized carbons (Fsp3) is 0.211. The standard InChI is InChI=1S/C19H20N4O2S/c20-19(25)21-11-4-3-10-17(24)22-14-7-5-6-13(12-14)18-23-15-8-1-2-9-16(15)26-18/h1-2,5-9,12H,3-4,10-11H2,(H,22,24)(H3,20,21,25). The number of amides is 3. The zero-order chi connectivity index (χ0) is 18.4. The molecule has 3 aromatic rings. The molecule has 0 aliphatic carbocycles. The molecular formula is C19H20N4O2S. The van der Waals surface area contributed by atoms with Crippen molar-refractivity contribution in [3.05, 3.63) is 48.5 Å². The van der Waals surface area contributed by atoms with Crippen molar-refractivity contribution in [3.63, 3.8) is 0 Å². The summed E-state index contributed by atoms with van der Waals surface area (Å²) in [5, 5.41) is 6.35. The van der Waals surface area contributed by atoms with Crippen LogP contribution in [0, 0.1) is 0 Å². The van der Waals surface area contributed by atoms with Gasteiger partial charge in [-0.05, 0) is 37.1 Å². The van der Waals surface area contributed by atoms with Gasteiger partial charge < -0.3 is 16.4 Å². The highest BCUT2D eigenvalue weighted by molar-refractivity contribution is 7.21. The minimum absolute atomic E-state index is 0.0504. The molecule has 26 heavy (non-hydrogen) atoms. The second kappa shape index (κ2) is 8.44. The van der Waals surface area contributed by atoms with Crippen LogP contribution in [0.4, 0.5) is 10.5 Å². The van der Waals surface area contributed by atoms with Crippen molar-refractivity contribution in [1.82, 2.24) is 10.3 Å². The van der Waals surface area contributed by atoms with Crippen LogP contribution in [0.5, 0.6) is 0 Å². The highest BCUT2D eigenvalue weighted by atomic mass is 32.1. The Morgan fingerprint density at radius 3 is 2.73 bits per heavy atom. The number of unbranched alkanes of at least 4 members (excludes halogenated alkanes) is 1. The number of thiazole rings is 1. The molecule has 0 radical (unpaired) electrons. The fourth-order valence-electron chi connectivity index (χ4n) is 2.57. The van der Waals surface area contributed by atoms with Gasteiger partial charge in [-0.25, -0.2) is 9.78 Å². The lowest BCUT2D eigenvalue weighted by atomic mass is 10.2. The number of fused-ring (bicyclic) bond motifs is 1. The number of carbonyl (C=O) groups excluding carboxylic acids is 2. The maximum Gasteiger partial charge on any atom is 0.312 e. The summed E-state index contributed by atoms with van der Waals surface area (Å²) >= 11 is 1.63. The van der Waals surface area contributed by atoms with Gasteiger partial charge in [0.05, 0.1) is 10.2 Å². The molecule has 0 spiro atoms. The van der Waals surface area contributed by atoms with E-state index >= 15 is 0 Å². The molecular weight excluding hydrogens is 348 g/mol. The molecule has 0 atom stereocenters. The Morgan fingerprint density at radius 1 is 1.08 bits per heavy atom. The van der Waals surface area contributed by atoms with E-state index in [2.05, 4.69) is 21.7 Å². The smallest absolute Gasteiger partial charge is 0.312 e. The third kappa shape index (κ3) is 4.80. The minimum Gasteiger partial charge on any atom is -0.352 e. The van der Waals surface area contributed by atoms with Crippen molar-refractivity contribution in [2.24, 2.45) is 5.73 Å². The van der Waals surface area contributed by atoms with Crippen LogP contribution < -0.4 is 16.4 Å². The second-order valence-corrected chi connectivity index (χ2v) is 6.89. The Labute approximate surface area is 155 Å². The lowest BCUT2D eigenvalue weighted by Gasteiger charge is -2.07. The topological polar surface area (TPSA) is 97.1 Å². The summed E-state index contributed by atoms with van der Waals surface area (Å²) < 4.78 is 1.14. The third-order valence-electron chi connectivity index (χ3n) is 3.82. The zero-order valence-electron chi connectivity index (χ0n) is 14.2. The summed E-state index contributed by atoms with van der Waals surface area (Å²) in [6.45, 7) is 0.482. The molecule has 0 bridgehead atoms.